The van der Waals surface area contributed by atoms with Crippen LogP contribution in [0.1, 0.15) is 31.2 Å². The molecule has 0 amide bonds. The summed E-state index contributed by atoms with van der Waals surface area (Å²) < 4.78 is 12.2. The van der Waals surface area contributed by atoms with E-state index in [-0.39, 0.29) is 11.6 Å². The van der Waals surface area contributed by atoms with E-state index in [1.165, 1.54) is 18.4 Å². The van der Waals surface area contributed by atoms with Crippen molar-refractivity contribution in [3.05, 3.63) is 28.2 Å². The number of hydrogen-bond acceptors (Lipinski definition) is 4. The smallest absolute Gasteiger partial charge is 0.119 e. The molecule has 1 unspecified atom stereocenters. The lowest BCUT2D eigenvalue weighted by Crippen LogP contribution is -2.54. The van der Waals surface area contributed by atoms with Crippen molar-refractivity contribution < 1.29 is 9.47 Å². The average Bonchev–Trinajstić information content (AvgIpc) is 2.96. The minimum Gasteiger partial charge on any atom is -0.497 e. The molecule has 1 saturated carbocycles. The van der Waals surface area contributed by atoms with Crippen molar-refractivity contribution in [2.45, 2.75) is 43.7 Å². The molecule has 0 heterocycles. The number of rotatable bonds is 6. The number of hydrogen-bond donors (Lipinski definition) is 2. The Bertz CT molecular complexity index is 447. The lowest BCUT2D eigenvalue weighted by molar-refractivity contribution is -0.0356. The van der Waals surface area contributed by atoms with Gasteiger partial charge in [0.25, 0.3) is 0 Å². The molecule has 1 aliphatic carbocycles. The molecule has 1 aromatic rings. The standard InChI is InChI=1S/C15H23BrN2O2/c1-19-12-5-6-13(16)11(9-12)10-14(18-17)15(20-2)7-3-4-8-15/h5-6,9,14,18H,3-4,7-8,10,17H2,1-2H3. The topological polar surface area (TPSA) is 56.5 Å². The molecule has 4 nitrogen and oxygen atoms in total. The number of benzene rings is 1. The Hall–Kier alpha value is -0.620. The maximum atomic E-state index is 5.83. The fourth-order valence-electron chi connectivity index (χ4n) is 3.12. The monoisotopic (exact) mass is 342 g/mol. The van der Waals surface area contributed by atoms with Gasteiger partial charge in [-0.25, -0.2) is 0 Å². The minimum absolute atomic E-state index is 0.0957. The second kappa shape index (κ2) is 6.89. The zero-order valence-electron chi connectivity index (χ0n) is 12.1. The SMILES string of the molecule is COc1ccc(Br)c(CC(NN)C2(OC)CCCC2)c1. The number of halogens is 1. The van der Waals surface area contributed by atoms with E-state index in [4.69, 9.17) is 15.3 Å². The zero-order chi connectivity index (χ0) is 14.6. The predicted octanol–water partition coefficient (Wildman–Crippen LogP) is 2.79. The van der Waals surface area contributed by atoms with Crippen molar-refractivity contribution in [3.8, 4) is 5.75 Å². The Kier molecular flexibility index (Phi) is 5.43. The summed E-state index contributed by atoms with van der Waals surface area (Å²) in [6.07, 6.45) is 5.32. The third kappa shape index (κ3) is 3.17. The molecular formula is C15H23BrN2O2. The zero-order valence-corrected chi connectivity index (χ0v) is 13.7. The van der Waals surface area contributed by atoms with Crippen LogP contribution < -0.4 is 16.0 Å². The number of ether oxygens (including phenoxy) is 2. The van der Waals surface area contributed by atoms with Crippen LogP contribution in [0.3, 0.4) is 0 Å². The van der Waals surface area contributed by atoms with Gasteiger partial charge in [-0.05, 0) is 43.0 Å². The van der Waals surface area contributed by atoms with Crippen molar-refractivity contribution in [1.29, 1.82) is 0 Å². The molecule has 20 heavy (non-hydrogen) atoms. The van der Waals surface area contributed by atoms with E-state index < -0.39 is 0 Å². The summed E-state index contributed by atoms with van der Waals surface area (Å²) in [6, 6.07) is 6.10. The van der Waals surface area contributed by atoms with E-state index in [9.17, 15) is 0 Å². The lowest BCUT2D eigenvalue weighted by atomic mass is 9.87. The van der Waals surface area contributed by atoms with Gasteiger partial charge in [-0.15, -0.1) is 0 Å². The highest BCUT2D eigenvalue weighted by atomic mass is 79.9. The molecule has 3 N–H and O–H groups in total. The summed E-state index contributed by atoms with van der Waals surface area (Å²) >= 11 is 3.60. The van der Waals surface area contributed by atoms with Crippen LogP contribution in [0, 0.1) is 0 Å². The molecule has 0 bridgehead atoms. The molecular weight excluding hydrogens is 320 g/mol. The van der Waals surface area contributed by atoms with Crippen LogP contribution in [-0.2, 0) is 11.2 Å². The molecule has 1 aromatic carbocycles. The molecule has 112 valence electrons. The molecule has 0 radical (unpaired) electrons. The summed E-state index contributed by atoms with van der Waals surface area (Å²) in [7, 11) is 3.47. The van der Waals surface area contributed by atoms with Crippen LogP contribution >= 0.6 is 15.9 Å². The van der Waals surface area contributed by atoms with Gasteiger partial charge in [0.15, 0.2) is 0 Å². The van der Waals surface area contributed by atoms with E-state index >= 15 is 0 Å². The molecule has 0 aromatic heterocycles. The molecule has 2 rings (SSSR count). The maximum absolute atomic E-state index is 5.83. The van der Waals surface area contributed by atoms with E-state index in [1.807, 2.05) is 18.2 Å². The van der Waals surface area contributed by atoms with Gasteiger partial charge in [0, 0.05) is 11.6 Å². The molecule has 1 atom stereocenters. The Morgan fingerprint density at radius 1 is 1.35 bits per heavy atom. The molecule has 1 aliphatic rings. The highest BCUT2D eigenvalue weighted by molar-refractivity contribution is 9.10. The Morgan fingerprint density at radius 3 is 2.60 bits per heavy atom. The van der Waals surface area contributed by atoms with Crippen LogP contribution in [0.4, 0.5) is 0 Å². The summed E-state index contributed by atoms with van der Waals surface area (Å²) in [5, 5.41) is 0. The predicted molar refractivity (Wildman–Crippen MR) is 83.7 cm³/mol. The number of hydrazine groups is 1. The third-order valence-corrected chi connectivity index (χ3v) is 5.14. The van der Waals surface area contributed by atoms with Gasteiger partial charge in [0.2, 0.25) is 0 Å². The highest BCUT2D eigenvalue weighted by Crippen LogP contribution is 2.37. The van der Waals surface area contributed by atoms with Crippen molar-refractivity contribution in [2.75, 3.05) is 14.2 Å². The Labute approximate surface area is 129 Å². The van der Waals surface area contributed by atoms with Gasteiger partial charge >= 0.3 is 0 Å². The summed E-state index contributed by atoms with van der Waals surface area (Å²) in [4.78, 5) is 0. The second-order valence-corrected chi connectivity index (χ2v) is 6.21. The van der Waals surface area contributed by atoms with Crippen LogP contribution in [0.5, 0.6) is 5.75 Å². The van der Waals surface area contributed by atoms with E-state index in [0.29, 0.717) is 0 Å². The number of nitrogens with one attached hydrogen (secondary N) is 1. The molecule has 0 saturated heterocycles. The van der Waals surface area contributed by atoms with Gasteiger partial charge in [0.05, 0.1) is 18.8 Å². The number of methoxy groups -OCH3 is 2. The average molecular weight is 343 g/mol. The Balaban J connectivity index is 2.21. The van der Waals surface area contributed by atoms with Gasteiger partial charge < -0.3 is 9.47 Å². The first-order chi connectivity index (χ1) is 9.65. The van der Waals surface area contributed by atoms with Gasteiger partial charge in [-0.3, -0.25) is 11.3 Å². The van der Waals surface area contributed by atoms with Crippen molar-refractivity contribution in [1.82, 2.24) is 5.43 Å². The molecule has 5 heteroatoms. The first-order valence-electron chi connectivity index (χ1n) is 6.99. The van der Waals surface area contributed by atoms with Crippen molar-refractivity contribution in [2.24, 2.45) is 5.84 Å². The Morgan fingerprint density at radius 2 is 2.05 bits per heavy atom. The first-order valence-corrected chi connectivity index (χ1v) is 7.78. The summed E-state index contributed by atoms with van der Waals surface area (Å²) in [6.45, 7) is 0. The fraction of sp³-hybridized carbons (Fsp3) is 0.600. The van der Waals surface area contributed by atoms with Crippen molar-refractivity contribution >= 4 is 15.9 Å². The quantitative estimate of drug-likeness (QED) is 0.616. The largest absolute Gasteiger partial charge is 0.497 e. The van der Waals surface area contributed by atoms with E-state index in [0.717, 1.165) is 29.5 Å². The van der Waals surface area contributed by atoms with E-state index in [2.05, 4.69) is 21.4 Å². The highest BCUT2D eigenvalue weighted by Gasteiger charge is 2.41. The number of nitrogens with two attached hydrogens (primary N) is 1. The third-order valence-electron chi connectivity index (χ3n) is 4.37. The normalized spacial score (nSPS) is 19.0. The minimum atomic E-state index is -0.155. The second-order valence-electron chi connectivity index (χ2n) is 5.36. The maximum Gasteiger partial charge on any atom is 0.119 e. The lowest BCUT2D eigenvalue weighted by Gasteiger charge is -2.36. The van der Waals surface area contributed by atoms with Crippen LogP contribution in [0.15, 0.2) is 22.7 Å². The van der Waals surface area contributed by atoms with Gasteiger partial charge in [0.1, 0.15) is 5.75 Å². The molecule has 0 spiro atoms. The van der Waals surface area contributed by atoms with Crippen LogP contribution in [0.2, 0.25) is 0 Å². The van der Waals surface area contributed by atoms with Crippen molar-refractivity contribution in [3.63, 3.8) is 0 Å². The molecule has 1 fully saturated rings. The first kappa shape index (κ1) is 15.8. The van der Waals surface area contributed by atoms with Gasteiger partial charge in [-0.1, -0.05) is 28.8 Å². The summed E-state index contributed by atoms with van der Waals surface area (Å²) in [5.41, 5.74) is 3.98. The summed E-state index contributed by atoms with van der Waals surface area (Å²) in [5.74, 6) is 6.66. The molecule has 0 aliphatic heterocycles. The van der Waals surface area contributed by atoms with E-state index in [1.54, 1.807) is 14.2 Å². The fourth-order valence-corrected chi connectivity index (χ4v) is 3.53. The van der Waals surface area contributed by atoms with Crippen LogP contribution in [0.25, 0.3) is 0 Å². The van der Waals surface area contributed by atoms with Gasteiger partial charge in [-0.2, -0.15) is 0 Å². The van der Waals surface area contributed by atoms with Crippen LogP contribution in [-0.4, -0.2) is 25.9 Å².